The van der Waals surface area contributed by atoms with E-state index in [2.05, 4.69) is 78.2 Å². The van der Waals surface area contributed by atoms with Crippen molar-refractivity contribution in [3.8, 4) is 11.1 Å². The molecule has 1 aliphatic rings. The second-order valence-electron chi connectivity index (χ2n) is 11.4. The number of fused-ring (bicyclic) bond motifs is 3. The summed E-state index contributed by atoms with van der Waals surface area (Å²) in [4.78, 5) is 25.3. The lowest BCUT2D eigenvalue weighted by Gasteiger charge is -2.37. The Hall–Kier alpha value is -5.20. The summed E-state index contributed by atoms with van der Waals surface area (Å²) in [5, 5.41) is 16.4. The normalized spacial score (nSPS) is 13.0. The number of benzene rings is 5. The molecule has 0 fully saturated rings. The van der Waals surface area contributed by atoms with Crippen LogP contribution in [0.15, 0.2) is 133 Å². The zero-order valence-corrected chi connectivity index (χ0v) is 25.1. The van der Waals surface area contributed by atoms with Crippen LogP contribution in [0.3, 0.4) is 0 Å². The summed E-state index contributed by atoms with van der Waals surface area (Å²) in [6.45, 7) is 2.47. The van der Waals surface area contributed by atoms with Crippen LogP contribution >= 0.6 is 0 Å². The van der Waals surface area contributed by atoms with Gasteiger partial charge in [-0.1, -0.05) is 139 Å². The van der Waals surface area contributed by atoms with Crippen molar-refractivity contribution in [1.29, 1.82) is 0 Å². The number of carbonyl (C=O) groups excluding carboxylic acids is 1. The van der Waals surface area contributed by atoms with Crippen molar-refractivity contribution in [3.63, 3.8) is 0 Å². The summed E-state index contributed by atoms with van der Waals surface area (Å²) in [7, 11) is 0. The Kier molecular flexibility index (Phi) is 8.76. The van der Waals surface area contributed by atoms with Gasteiger partial charge in [-0.2, -0.15) is 0 Å². The summed E-state index contributed by atoms with van der Waals surface area (Å²) < 4.78 is 5.65. The lowest BCUT2D eigenvalue weighted by Crippen LogP contribution is -2.48. The maximum Gasteiger partial charge on any atom is 0.407 e. The zero-order chi connectivity index (χ0) is 31.2. The predicted molar refractivity (Wildman–Crippen MR) is 176 cm³/mol. The van der Waals surface area contributed by atoms with Crippen molar-refractivity contribution in [2.75, 3.05) is 13.2 Å². The molecule has 1 amide bonds. The van der Waals surface area contributed by atoms with E-state index < -0.39 is 23.6 Å². The van der Waals surface area contributed by atoms with Gasteiger partial charge >= 0.3 is 12.1 Å². The van der Waals surface area contributed by atoms with E-state index in [-0.39, 0.29) is 18.9 Å². The minimum atomic E-state index is -1.14. The molecule has 0 saturated heterocycles. The first-order valence-electron chi connectivity index (χ1n) is 15.2. The van der Waals surface area contributed by atoms with Crippen LogP contribution in [-0.2, 0) is 15.1 Å². The average molecular weight is 597 g/mol. The van der Waals surface area contributed by atoms with E-state index in [0.717, 1.165) is 44.5 Å². The van der Waals surface area contributed by atoms with Crippen LogP contribution in [0.2, 0.25) is 0 Å². The molecule has 6 rings (SSSR count). The quantitative estimate of drug-likeness (QED) is 0.140. The van der Waals surface area contributed by atoms with E-state index in [9.17, 15) is 14.7 Å². The molecule has 226 valence electrons. The van der Waals surface area contributed by atoms with Gasteiger partial charge in [0.2, 0.25) is 0 Å². The number of carboxylic acid groups (broad SMARTS) is 1. The number of ether oxygens (including phenoxy) is 1. The molecule has 0 radical (unpaired) electrons. The Morgan fingerprint density at radius 1 is 0.711 bits per heavy atom. The lowest BCUT2D eigenvalue weighted by atomic mass is 9.76. The molecule has 3 N–H and O–H groups in total. The van der Waals surface area contributed by atoms with E-state index in [1.54, 1.807) is 0 Å². The molecular formula is C39H36N2O4. The molecule has 5 aromatic carbocycles. The second-order valence-corrected chi connectivity index (χ2v) is 11.4. The molecule has 0 heterocycles. The minimum Gasteiger partial charge on any atom is -0.480 e. The van der Waals surface area contributed by atoms with Gasteiger partial charge in [0.05, 0.1) is 5.54 Å². The van der Waals surface area contributed by atoms with Crippen LogP contribution in [-0.4, -0.2) is 36.4 Å². The summed E-state index contributed by atoms with van der Waals surface area (Å²) in [5.74, 6) is -1.23. The van der Waals surface area contributed by atoms with Crippen LogP contribution in [0.4, 0.5) is 4.79 Å². The molecule has 1 atom stereocenters. The van der Waals surface area contributed by atoms with Crippen molar-refractivity contribution in [2.45, 2.75) is 30.8 Å². The third kappa shape index (κ3) is 6.10. The number of carbonyl (C=O) groups is 2. The Morgan fingerprint density at radius 2 is 1.20 bits per heavy atom. The van der Waals surface area contributed by atoms with Gasteiger partial charge in [0, 0.05) is 5.92 Å². The fraction of sp³-hybridized carbons (Fsp3) is 0.179. The third-order valence-corrected chi connectivity index (χ3v) is 8.66. The molecule has 5 aromatic rings. The highest BCUT2D eigenvalue weighted by Crippen LogP contribution is 2.44. The fourth-order valence-corrected chi connectivity index (χ4v) is 6.43. The number of rotatable bonds is 11. The van der Waals surface area contributed by atoms with E-state index >= 15 is 0 Å². The number of aryl methyl sites for hydroxylation is 1. The summed E-state index contributed by atoms with van der Waals surface area (Å²) in [5.41, 5.74) is 7.93. The van der Waals surface area contributed by atoms with Crippen LogP contribution in [0.25, 0.3) is 11.1 Å². The molecule has 45 heavy (non-hydrogen) atoms. The van der Waals surface area contributed by atoms with E-state index in [1.807, 2.05) is 72.8 Å². The van der Waals surface area contributed by atoms with Crippen molar-refractivity contribution < 1.29 is 19.4 Å². The SMILES string of the molecule is Cc1ccc(C(NCC[C@@H](NC(=O)OCC2c3ccccc3-c3ccccc32)C(=O)O)(c2ccccc2)c2ccccc2)cc1. The smallest absolute Gasteiger partial charge is 0.407 e. The Bertz CT molecular complexity index is 1690. The van der Waals surface area contributed by atoms with E-state index in [4.69, 9.17) is 4.74 Å². The van der Waals surface area contributed by atoms with Crippen LogP contribution in [0.5, 0.6) is 0 Å². The van der Waals surface area contributed by atoms with Crippen LogP contribution in [0, 0.1) is 6.92 Å². The first-order valence-corrected chi connectivity index (χ1v) is 15.2. The highest BCUT2D eigenvalue weighted by Gasteiger charge is 2.36. The first-order chi connectivity index (χ1) is 22.0. The van der Waals surface area contributed by atoms with Gasteiger partial charge in [0.25, 0.3) is 0 Å². The maximum absolute atomic E-state index is 13.0. The van der Waals surface area contributed by atoms with Crippen molar-refractivity contribution in [1.82, 2.24) is 10.6 Å². The highest BCUT2D eigenvalue weighted by molar-refractivity contribution is 5.81. The second kappa shape index (κ2) is 13.2. The molecule has 6 nitrogen and oxygen atoms in total. The lowest BCUT2D eigenvalue weighted by molar-refractivity contribution is -0.139. The van der Waals surface area contributed by atoms with Gasteiger partial charge in [0.1, 0.15) is 12.6 Å². The highest BCUT2D eigenvalue weighted by atomic mass is 16.5. The molecule has 0 bridgehead atoms. The monoisotopic (exact) mass is 596 g/mol. The topological polar surface area (TPSA) is 87.7 Å². The number of hydrogen-bond acceptors (Lipinski definition) is 4. The Balaban J connectivity index is 1.18. The van der Waals surface area contributed by atoms with E-state index in [1.165, 1.54) is 0 Å². The van der Waals surface area contributed by atoms with E-state index in [0.29, 0.717) is 6.54 Å². The number of carboxylic acids is 1. The van der Waals surface area contributed by atoms with Gasteiger partial charge in [0.15, 0.2) is 0 Å². The van der Waals surface area contributed by atoms with Crippen LogP contribution in [0.1, 0.15) is 45.7 Å². The summed E-state index contributed by atoms with van der Waals surface area (Å²) >= 11 is 0. The molecule has 0 aromatic heterocycles. The number of alkyl carbamates (subject to hydrolysis) is 1. The van der Waals surface area contributed by atoms with Gasteiger partial charge in [-0.25, -0.2) is 9.59 Å². The Morgan fingerprint density at radius 3 is 1.73 bits per heavy atom. The standard InChI is InChI=1S/C39H36N2O4/c1-27-20-22-30(23-21-27)39(28-12-4-2-5-13-28,29-14-6-3-7-15-29)40-25-24-36(37(42)43)41-38(44)45-26-35-33-18-10-8-16-31(33)32-17-9-11-19-34(32)35/h2-23,35-36,40H,24-26H2,1H3,(H,41,44)(H,42,43)/t36-/m1/s1. The van der Waals surface area contributed by atoms with Crippen molar-refractivity contribution >= 4 is 12.1 Å². The minimum absolute atomic E-state index is 0.111. The first kappa shape index (κ1) is 29.9. The van der Waals surface area contributed by atoms with Gasteiger partial charge in [-0.3, -0.25) is 5.32 Å². The average Bonchev–Trinajstić information content (AvgIpc) is 3.40. The number of amides is 1. The van der Waals surface area contributed by atoms with Gasteiger partial charge < -0.3 is 15.2 Å². The molecule has 0 aliphatic heterocycles. The molecule has 0 unspecified atom stereocenters. The fourth-order valence-electron chi connectivity index (χ4n) is 6.43. The third-order valence-electron chi connectivity index (χ3n) is 8.66. The predicted octanol–water partition coefficient (Wildman–Crippen LogP) is 7.26. The number of aliphatic carboxylic acids is 1. The van der Waals surface area contributed by atoms with Crippen molar-refractivity contribution in [3.05, 3.63) is 167 Å². The molecule has 6 heteroatoms. The number of nitrogens with one attached hydrogen (secondary N) is 2. The summed E-state index contributed by atoms with van der Waals surface area (Å²) in [6.07, 6.45) is -0.604. The largest absolute Gasteiger partial charge is 0.480 e. The van der Waals surface area contributed by atoms with Crippen molar-refractivity contribution in [2.24, 2.45) is 0 Å². The van der Waals surface area contributed by atoms with Gasteiger partial charge in [-0.05, 0) is 58.8 Å². The zero-order valence-electron chi connectivity index (χ0n) is 25.1. The Labute approximate surface area is 263 Å². The van der Waals surface area contributed by atoms with Crippen LogP contribution < -0.4 is 10.6 Å². The molecule has 0 spiro atoms. The molecule has 0 saturated carbocycles. The molecular weight excluding hydrogens is 560 g/mol. The molecule has 1 aliphatic carbocycles. The summed E-state index contributed by atoms with van der Waals surface area (Å²) in [6, 6.07) is 43.7. The number of hydrogen-bond donors (Lipinski definition) is 3. The van der Waals surface area contributed by atoms with Gasteiger partial charge in [-0.15, -0.1) is 0 Å². The maximum atomic E-state index is 13.0.